The number of hydrogen-bond acceptors (Lipinski definition) is 4. The van der Waals surface area contributed by atoms with Crippen molar-refractivity contribution in [1.82, 2.24) is 20.3 Å². The summed E-state index contributed by atoms with van der Waals surface area (Å²) in [5.74, 6) is 0.0178. The first-order valence-electron chi connectivity index (χ1n) is 8.42. The fraction of sp³-hybridized carbons (Fsp3) is 0.211. The van der Waals surface area contributed by atoms with E-state index < -0.39 is 0 Å². The highest BCUT2D eigenvalue weighted by Crippen LogP contribution is 2.32. The van der Waals surface area contributed by atoms with Gasteiger partial charge in [0.15, 0.2) is 0 Å². The van der Waals surface area contributed by atoms with E-state index in [0.29, 0.717) is 34.2 Å². The summed E-state index contributed by atoms with van der Waals surface area (Å²) in [5.41, 5.74) is 10.2. The summed E-state index contributed by atoms with van der Waals surface area (Å²) in [7, 11) is 0. The third-order valence-corrected chi connectivity index (χ3v) is 4.31. The number of carbonyl (C=O) groups excluding carboxylic acids is 1. The Morgan fingerprint density at radius 2 is 2.08 bits per heavy atom. The molecule has 0 aliphatic rings. The largest absolute Gasteiger partial charge is 0.368 e. The molecule has 1 aromatic carbocycles. The fourth-order valence-corrected chi connectivity index (χ4v) is 3.03. The maximum atomic E-state index is 12.6. The summed E-state index contributed by atoms with van der Waals surface area (Å²) in [6, 6.07) is 9.22. The number of nitrogens with one attached hydrogen (secondary N) is 2. The monoisotopic (exact) mass is 369 g/mol. The van der Waals surface area contributed by atoms with Gasteiger partial charge in [0.05, 0.1) is 22.6 Å². The lowest BCUT2D eigenvalue weighted by molar-refractivity contribution is 0.0956. The van der Waals surface area contributed by atoms with Gasteiger partial charge in [0.1, 0.15) is 0 Å². The molecule has 134 valence electrons. The Balaban J connectivity index is 2.20. The van der Waals surface area contributed by atoms with Gasteiger partial charge in [-0.1, -0.05) is 24.6 Å². The first kappa shape index (κ1) is 17.9. The molecule has 1 amide bonds. The summed E-state index contributed by atoms with van der Waals surface area (Å²) in [6.45, 7) is 4.48. The highest BCUT2D eigenvalue weighted by Gasteiger charge is 2.20. The van der Waals surface area contributed by atoms with Gasteiger partial charge < -0.3 is 16.0 Å². The van der Waals surface area contributed by atoms with E-state index >= 15 is 0 Å². The van der Waals surface area contributed by atoms with Gasteiger partial charge in [0.25, 0.3) is 5.91 Å². The molecule has 0 spiro atoms. The smallest absolute Gasteiger partial charge is 0.253 e. The molecule has 0 radical (unpaired) electrons. The van der Waals surface area contributed by atoms with Gasteiger partial charge in [0, 0.05) is 23.3 Å². The number of hydrogen-bond donors (Lipinski definition) is 3. The van der Waals surface area contributed by atoms with Crippen LogP contribution in [-0.4, -0.2) is 27.4 Å². The lowest BCUT2D eigenvalue weighted by Crippen LogP contribution is -2.22. The summed E-state index contributed by atoms with van der Waals surface area (Å²) >= 11 is 6.21. The van der Waals surface area contributed by atoms with E-state index in [2.05, 4.69) is 27.2 Å². The van der Waals surface area contributed by atoms with Crippen LogP contribution in [0.1, 0.15) is 29.8 Å². The molecule has 0 bridgehead atoms. The molecule has 3 rings (SSSR count). The first-order valence-corrected chi connectivity index (χ1v) is 8.80. The Kier molecular flexibility index (Phi) is 5.23. The number of nitrogens with zero attached hydrogens (tertiary/aromatic N) is 2. The Morgan fingerprint density at radius 3 is 2.77 bits per heavy atom. The van der Waals surface area contributed by atoms with Crippen molar-refractivity contribution in [3.63, 3.8) is 0 Å². The number of aromatic amines is 1. The molecule has 2 heterocycles. The summed E-state index contributed by atoms with van der Waals surface area (Å²) < 4.78 is 0. The van der Waals surface area contributed by atoms with E-state index in [1.54, 1.807) is 18.3 Å². The van der Waals surface area contributed by atoms with E-state index in [1.807, 2.05) is 25.1 Å². The van der Waals surface area contributed by atoms with E-state index in [0.717, 1.165) is 17.5 Å². The fourth-order valence-electron chi connectivity index (χ4n) is 2.85. The van der Waals surface area contributed by atoms with Crippen LogP contribution in [0.4, 0.5) is 5.95 Å². The number of aromatic nitrogens is 3. The van der Waals surface area contributed by atoms with Gasteiger partial charge in [0.2, 0.25) is 5.95 Å². The minimum Gasteiger partial charge on any atom is -0.368 e. The van der Waals surface area contributed by atoms with Crippen molar-refractivity contribution in [2.75, 3.05) is 12.3 Å². The van der Waals surface area contributed by atoms with Gasteiger partial charge in [-0.3, -0.25) is 4.79 Å². The average molecular weight is 370 g/mol. The SMILES string of the molecule is CCNC(=O)c1cc(-c2ccnc(N)n2)[nH]c1-c1cc(Cl)ccc1CC. The molecule has 0 saturated carbocycles. The number of rotatable bonds is 5. The molecule has 2 aromatic heterocycles. The molecular weight excluding hydrogens is 350 g/mol. The number of carbonyl (C=O) groups is 1. The Morgan fingerprint density at radius 1 is 1.27 bits per heavy atom. The topological polar surface area (TPSA) is 96.7 Å². The van der Waals surface area contributed by atoms with E-state index in [-0.39, 0.29) is 11.9 Å². The Bertz CT molecular complexity index is 951. The predicted octanol–water partition coefficient (Wildman–Crippen LogP) is 3.69. The number of amides is 1. The Labute approximate surface area is 156 Å². The number of benzene rings is 1. The summed E-state index contributed by atoms with van der Waals surface area (Å²) in [6.07, 6.45) is 2.40. The highest BCUT2D eigenvalue weighted by atomic mass is 35.5. The van der Waals surface area contributed by atoms with Gasteiger partial charge in [-0.05, 0) is 43.2 Å². The molecule has 0 aliphatic heterocycles. The zero-order valence-electron chi connectivity index (χ0n) is 14.6. The normalized spacial score (nSPS) is 10.7. The predicted molar refractivity (Wildman–Crippen MR) is 104 cm³/mol. The quantitative estimate of drug-likeness (QED) is 0.639. The first-order chi connectivity index (χ1) is 12.5. The van der Waals surface area contributed by atoms with Crippen LogP contribution in [0.15, 0.2) is 36.5 Å². The van der Waals surface area contributed by atoms with Crippen molar-refractivity contribution in [2.45, 2.75) is 20.3 Å². The highest BCUT2D eigenvalue weighted by molar-refractivity contribution is 6.31. The van der Waals surface area contributed by atoms with Crippen LogP contribution in [0.5, 0.6) is 0 Å². The second-order valence-corrected chi connectivity index (χ2v) is 6.22. The van der Waals surface area contributed by atoms with Crippen molar-refractivity contribution in [3.05, 3.63) is 52.7 Å². The van der Waals surface area contributed by atoms with Crippen LogP contribution in [0.2, 0.25) is 5.02 Å². The van der Waals surface area contributed by atoms with Crippen molar-refractivity contribution in [3.8, 4) is 22.6 Å². The standard InChI is InChI=1S/C19H20ClN5O/c1-3-11-5-6-12(20)9-13(11)17-14(18(26)22-4-2)10-16(24-17)15-7-8-23-19(21)25-15/h5-10,24H,3-4H2,1-2H3,(H,22,26)(H2,21,23,25). The van der Waals surface area contributed by atoms with Gasteiger partial charge in [-0.2, -0.15) is 0 Å². The molecule has 26 heavy (non-hydrogen) atoms. The van der Waals surface area contributed by atoms with Crippen molar-refractivity contribution in [2.24, 2.45) is 0 Å². The second-order valence-electron chi connectivity index (χ2n) is 5.79. The number of nitrogens with two attached hydrogens (primary N) is 1. The number of halogens is 1. The molecule has 0 aliphatic carbocycles. The molecule has 0 atom stereocenters. The summed E-state index contributed by atoms with van der Waals surface area (Å²) in [4.78, 5) is 24.1. The number of H-pyrrole nitrogens is 1. The lowest BCUT2D eigenvalue weighted by Gasteiger charge is -2.10. The summed E-state index contributed by atoms with van der Waals surface area (Å²) in [5, 5.41) is 3.46. The molecule has 4 N–H and O–H groups in total. The third-order valence-electron chi connectivity index (χ3n) is 4.07. The maximum absolute atomic E-state index is 12.6. The van der Waals surface area contributed by atoms with E-state index in [4.69, 9.17) is 17.3 Å². The zero-order valence-corrected chi connectivity index (χ0v) is 15.4. The van der Waals surface area contributed by atoms with Crippen LogP contribution >= 0.6 is 11.6 Å². The molecule has 6 nitrogen and oxygen atoms in total. The average Bonchev–Trinajstić information content (AvgIpc) is 3.07. The molecule has 0 fully saturated rings. The lowest BCUT2D eigenvalue weighted by atomic mass is 10.00. The number of anilines is 1. The van der Waals surface area contributed by atoms with Crippen molar-refractivity contribution >= 4 is 23.5 Å². The minimum atomic E-state index is -0.158. The van der Waals surface area contributed by atoms with Crippen LogP contribution in [0.25, 0.3) is 22.6 Å². The third kappa shape index (κ3) is 3.55. The molecule has 7 heteroatoms. The van der Waals surface area contributed by atoms with Crippen LogP contribution < -0.4 is 11.1 Å². The van der Waals surface area contributed by atoms with Crippen LogP contribution in [0.3, 0.4) is 0 Å². The van der Waals surface area contributed by atoms with Gasteiger partial charge in [-0.15, -0.1) is 0 Å². The van der Waals surface area contributed by atoms with E-state index in [1.165, 1.54) is 0 Å². The van der Waals surface area contributed by atoms with Crippen molar-refractivity contribution < 1.29 is 4.79 Å². The molecular formula is C19H20ClN5O. The maximum Gasteiger partial charge on any atom is 0.253 e. The molecule has 0 unspecified atom stereocenters. The van der Waals surface area contributed by atoms with Gasteiger partial charge in [-0.25, -0.2) is 9.97 Å². The van der Waals surface area contributed by atoms with Gasteiger partial charge >= 0.3 is 0 Å². The second kappa shape index (κ2) is 7.58. The minimum absolute atomic E-state index is 0.158. The van der Waals surface area contributed by atoms with Crippen LogP contribution in [0, 0.1) is 0 Å². The number of aryl methyl sites for hydroxylation is 1. The zero-order chi connectivity index (χ0) is 18.7. The van der Waals surface area contributed by atoms with Crippen LogP contribution in [-0.2, 0) is 6.42 Å². The number of nitrogen functional groups attached to an aromatic ring is 1. The molecule has 3 aromatic rings. The van der Waals surface area contributed by atoms with Crippen molar-refractivity contribution in [1.29, 1.82) is 0 Å². The van der Waals surface area contributed by atoms with E-state index in [9.17, 15) is 4.79 Å². The molecule has 0 saturated heterocycles. The Hall–Kier alpha value is -2.86.